The van der Waals surface area contributed by atoms with Crippen LogP contribution in [0.4, 0.5) is 0 Å². The summed E-state index contributed by atoms with van der Waals surface area (Å²) in [5, 5.41) is 9.01. The quantitative estimate of drug-likeness (QED) is 0.193. The molecule has 0 heterocycles. The van der Waals surface area contributed by atoms with Crippen molar-refractivity contribution in [3.63, 3.8) is 0 Å². The molecular weight excluding hydrogens is 279 g/mol. The van der Waals surface area contributed by atoms with Gasteiger partial charge in [0.25, 0.3) is 0 Å². The number of carbonyl (C=O) groups excluding carboxylic acids is 1. The second-order valence-electron chi connectivity index (χ2n) is 3.04. The van der Waals surface area contributed by atoms with Crippen molar-refractivity contribution in [3.05, 3.63) is 25.5 Å². The molecule has 0 amide bonds. The zero-order valence-electron chi connectivity index (χ0n) is 10.6. The molecule has 0 aromatic carbocycles. The van der Waals surface area contributed by atoms with Crippen molar-refractivity contribution < 1.29 is 38.3 Å². The van der Waals surface area contributed by atoms with Gasteiger partial charge >= 0.3 is 13.8 Å². The van der Waals surface area contributed by atoms with Gasteiger partial charge in [0.15, 0.2) is 0 Å². The van der Waals surface area contributed by atoms with Crippen molar-refractivity contribution in [2.24, 2.45) is 0 Å². The zero-order valence-corrected chi connectivity index (χ0v) is 11.5. The molecule has 0 aromatic rings. The minimum Gasteiger partial charge on any atom is -0.435 e. The van der Waals surface area contributed by atoms with Gasteiger partial charge in [-0.15, -0.1) is 6.58 Å². The molecule has 1 atom stereocenters. The third-order valence-electron chi connectivity index (χ3n) is 1.23. The number of esters is 1. The highest BCUT2D eigenvalue weighted by Gasteiger charge is 2.16. The van der Waals surface area contributed by atoms with Gasteiger partial charge in [-0.25, -0.2) is 4.57 Å². The van der Waals surface area contributed by atoms with Gasteiger partial charge in [0, 0.05) is 6.92 Å². The van der Waals surface area contributed by atoms with Crippen LogP contribution in [0.25, 0.3) is 0 Å². The van der Waals surface area contributed by atoms with Crippen LogP contribution >= 0.6 is 7.82 Å². The molecule has 0 aliphatic heterocycles. The van der Waals surface area contributed by atoms with Gasteiger partial charge in [-0.05, 0) is 0 Å². The van der Waals surface area contributed by atoms with Crippen molar-refractivity contribution in [2.45, 2.75) is 13.0 Å². The van der Waals surface area contributed by atoms with Crippen molar-refractivity contribution in [2.75, 3.05) is 19.8 Å². The first-order valence-corrected chi connectivity index (χ1v) is 6.60. The lowest BCUT2D eigenvalue weighted by Crippen LogP contribution is -2.21. The number of aliphatic hydroxyl groups is 1. The van der Waals surface area contributed by atoms with Crippen LogP contribution in [0.5, 0.6) is 0 Å². The molecule has 0 bridgehead atoms. The minimum atomic E-state index is -4.49. The molecule has 0 radical (unpaired) electrons. The summed E-state index contributed by atoms with van der Waals surface area (Å²) < 4.78 is 23.2. The molecule has 0 aliphatic rings. The molecule has 8 nitrogen and oxygen atoms in total. The first kappa shape index (κ1) is 20.3. The Morgan fingerprint density at radius 3 is 2.26 bits per heavy atom. The fourth-order valence-electron chi connectivity index (χ4n) is 0.636. The number of ether oxygens (including phenoxy) is 2. The third-order valence-corrected chi connectivity index (χ3v) is 1.72. The fraction of sp³-hybridized carbons (Fsp3) is 0.500. The van der Waals surface area contributed by atoms with Crippen molar-refractivity contribution in [3.8, 4) is 0 Å². The highest BCUT2D eigenvalue weighted by atomic mass is 31.2. The van der Waals surface area contributed by atoms with Gasteiger partial charge in [0.2, 0.25) is 0 Å². The summed E-state index contributed by atoms with van der Waals surface area (Å²) in [5.41, 5.74) is 0. The van der Waals surface area contributed by atoms with E-state index in [1.165, 1.54) is 13.0 Å². The first-order valence-electron chi connectivity index (χ1n) is 5.07. The smallest absolute Gasteiger partial charge is 0.435 e. The molecule has 112 valence electrons. The van der Waals surface area contributed by atoms with E-state index in [2.05, 4.69) is 22.4 Å². The summed E-state index contributed by atoms with van der Waals surface area (Å²) in [7, 11) is -4.49. The lowest BCUT2D eigenvalue weighted by Gasteiger charge is -2.11. The Kier molecular flexibility index (Phi) is 12.9. The van der Waals surface area contributed by atoms with Gasteiger partial charge in [-0.3, -0.25) is 9.32 Å². The summed E-state index contributed by atoms with van der Waals surface area (Å²) in [5.74, 6) is -0.329. The summed E-state index contributed by atoms with van der Waals surface area (Å²) >= 11 is 0. The fourth-order valence-corrected chi connectivity index (χ4v) is 1.00. The van der Waals surface area contributed by atoms with Gasteiger partial charge < -0.3 is 24.4 Å². The van der Waals surface area contributed by atoms with Crippen molar-refractivity contribution in [1.29, 1.82) is 0 Å². The van der Waals surface area contributed by atoms with E-state index in [4.69, 9.17) is 19.6 Å². The van der Waals surface area contributed by atoms with Crippen LogP contribution in [0.3, 0.4) is 0 Å². The van der Waals surface area contributed by atoms with Crippen molar-refractivity contribution in [1.82, 2.24) is 0 Å². The highest BCUT2D eigenvalue weighted by molar-refractivity contribution is 7.46. The maximum absolute atomic E-state index is 10.2. The van der Waals surface area contributed by atoms with E-state index in [0.717, 1.165) is 6.26 Å². The molecule has 1 unspecified atom stereocenters. The summed E-state index contributed by atoms with van der Waals surface area (Å²) in [6, 6.07) is 0. The van der Waals surface area contributed by atoms with Crippen LogP contribution < -0.4 is 0 Å². The largest absolute Gasteiger partial charge is 0.469 e. The molecule has 0 aliphatic carbocycles. The second-order valence-corrected chi connectivity index (χ2v) is 4.28. The average molecular weight is 298 g/mol. The molecule has 0 spiro atoms. The standard InChI is InChI=1S/C6H13O6P.C4H6O2/c1-2-3-11-4-6(7)5-12-13(8,9)10;1-3-6-4(2)5/h2,6-7H,1,3-5H2,(H2,8,9,10);3H,1H2,2H3. The monoisotopic (exact) mass is 298 g/mol. The number of phosphoric ester groups is 1. The maximum Gasteiger partial charge on any atom is 0.469 e. The van der Waals surface area contributed by atoms with Crippen LogP contribution in [0, 0.1) is 0 Å². The predicted molar refractivity (Wildman–Crippen MR) is 67.0 cm³/mol. The minimum absolute atomic E-state index is 0.0496. The summed E-state index contributed by atoms with van der Waals surface area (Å²) in [4.78, 5) is 26.3. The van der Waals surface area contributed by atoms with E-state index >= 15 is 0 Å². The molecular formula is C10H19O8P. The van der Waals surface area contributed by atoms with Gasteiger partial charge in [0.05, 0.1) is 26.1 Å². The number of rotatable bonds is 8. The molecule has 0 saturated heterocycles. The zero-order chi connectivity index (χ0) is 15.3. The Hall–Kier alpha value is -1.02. The Morgan fingerprint density at radius 1 is 1.37 bits per heavy atom. The van der Waals surface area contributed by atoms with Crippen LogP contribution in [0.1, 0.15) is 6.92 Å². The van der Waals surface area contributed by atoms with E-state index in [1.807, 2.05) is 0 Å². The highest BCUT2D eigenvalue weighted by Crippen LogP contribution is 2.35. The molecule has 0 fully saturated rings. The summed E-state index contributed by atoms with van der Waals surface area (Å²) in [6.07, 6.45) is 1.55. The van der Waals surface area contributed by atoms with Gasteiger partial charge in [-0.1, -0.05) is 12.7 Å². The van der Waals surface area contributed by atoms with Crippen LogP contribution in [0.15, 0.2) is 25.5 Å². The van der Waals surface area contributed by atoms with Crippen LogP contribution in [-0.2, 0) is 23.4 Å². The van der Waals surface area contributed by atoms with Crippen LogP contribution in [0.2, 0.25) is 0 Å². The molecule has 0 saturated carbocycles. The van der Waals surface area contributed by atoms with E-state index in [9.17, 15) is 9.36 Å². The number of hydrogen-bond donors (Lipinski definition) is 3. The van der Waals surface area contributed by atoms with E-state index in [0.29, 0.717) is 0 Å². The van der Waals surface area contributed by atoms with E-state index in [1.54, 1.807) is 0 Å². The Morgan fingerprint density at radius 2 is 1.95 bits per heavy atom. The Bertz CT molecular complexity index is 311. The van der Waals surface area contributed by atoms with Crippen molar-refractivity contribution >= 4 is 13.8 Å². The van der Waals surface area contributed by atoms with Gasteiger partial charge in [0.1, 0.15) is 6.10 Å². The van der Waals surface area contributed by atoms with E-state index in [-0.39, 0.29) is 19.2 Å². The topological polar surface area (TPSA) is 123 Å². The van der Waals surface area contributed by atoms with E-state index < -0.39 is 20.5 Å². The number of carbonyl (C=O) groups is 1. The Labute approximate surface area is 111 Å². The lowest BCUT2D eigenvalue weighted by molar-refractivity contribution is -0.135. The third kappa shape index (κ3) is 22.6. The number of hydrogen-bond acceptors (Lipinski definition) is 6. The maximum atomic E-state index is 10.2. The first-order chi connectivity index (χ1) is 8.72. The molecule has 0 aromatic heterocycles. The molecule has 19 heavy (non-hydrogen) atoms. The number of aliphatic hydroxyl groups excluding tert-OH is 1. The number of phosphoric acid groups is 1. The van der Waals surface area contributed by atoms with Crippen LogP contribution in [-0.4, -0.2) is 46.8 Å². The molecule has 0 rings (SSSR count). The van der Waals surface area contributed by atoms with Gasteiger partial charge in [-0.2, -0.15) is 0 Å². The second kappa shape index (κ2) is 12.0. The molecule has 9 heteroatoms. The predicted octanol–water partition coefficient (Wildman–Crippen LogP) is 0.352. The lowest BCUT2D eigenvalue weighted by atomic mass is 10.4. The molecule has 3 N–H and O–H groups in total. The normalized spacial score (nSPS) is 11.8. The Balaban J connectivity index is 0. The SMILES string of the molecule is C=CCOCC(O)COP(=O)(O)O.C=COC(C)=O. The average Bonchev–Trinajstić information content (AvgIpc) is 2.26. The summed E-state index contributed by atoms with van der Waals surface area (Å²) in [6.45, 7) is 7.62.